The second-order valence-electron chi connectivity index (χ2n) is 6.35. The van der Waals surface area contributed by atoms with Crippen LogP contribution in [0.3, 0.4) is 0 Å². The van der Waals surface area contributed by atoms with E-state index < -0.39 is 5.97 Å². The van der Waals surface area contributed by atoms with Crippen molar-refractivity contribution in [2.45, 2.75) is 6.92 Å². The van der Waals surface area contributed by atoms with Crippen LogP contribution in [0, 0.1) is 11.8 Å². The van der Waals surface area contributed by atoms with Crippen LogP contribution >= 0.6 is 0 Å². The molecule has 0 fully saturated rings. The van der Waals surface area contributed by atoms with Crippen LogP contribution in [0.2, 0.25) is 0 Å². The summed E-state index contributed by atoms with van der Waals surface area (Å²) in [6.45, 7) is 2.00. The molecule has 1 amide bonds. The lowest BCUT2D eigenvalue weighted by atomic mass is 10.1. The third-order valence-electron chi connectivity index (χ3n) is 4.33. The van der Waals surface area contributed by atoms with E-state index in [1.165, 1.54) is 0 Å². The fraction of sp³-hybridized carbons (Fsp3) is 0.120. The summed E-state index contributed by atoms with van der Waals surface area (Å²) in [6.07, 6.45) is 0. The molecule has 0 saturated carbocycles. The van der Waals surface area contributed by atoms with Gasteiger partial charge in [-0.1, -0.05) is 42.2 Å². The number of benzene rings is 3. The maximum atomic E-state index is 12.9. The number of amides is 1. The maximum absolute atomic E-state index is 12.9. The standard InChI is InChI=1S/C25H22N2O3/c1-3-30-25(29)21-11-7-8-12-22(21)27-24(28)20-16-15-19(17-23(20)26-2)14-13-18-9-5-4-6-10-18/h4-12,15-17,26H,3H2,1-2H3,(H,27,28). The molecule has 0 bridgehead atoms. The highest BCUT2D eigenvalue weighted by Gasteiger charge is 2.16. The van der Waals surface area contributed by atoms with Crippen molar-refractivity contribution in [1.82, 2.24) is 0 Å². The Bertz CT molecular complexity index is 1110. The van der Waals surface area contributed by atoms with Crippen molar-refractivity contribution >= 4 is 23.3 Å². The number of carbonyl (C=O) groups excluding carboxylic acids is 2. The van der Waals surface area contributed by atoms with Gasteiger partial charge < -0.3 is 15.4 Å². The van der Waals surface area contributed by atoms with Crippen molar-refractivity contribution in [3.63, 3.8) is 0 Å². The second kappa shape index (κ2) is 9.94. The quantitative estimate of drug-likeness (QED) is 0.489. The summed E-state index contributed by atoms with van der Waals surface area (Å²) in [7, 11) is 1.74. The van der Waals surface area contributed by atoms with Crippen LogP contribution in [0.5, 0.6) is 0 Å². The Morgan fingerprint density at radius 3 is 2.27 bits per heavy atom. The summed E-state index contributed by atoms with van der Waals surface area (Å²) >= 11 is 0. The van der Waals surface area contributed by atoms with Crippen molar-refractivity contribution in [3.05, 3.63) is 95.1 Å². The Hall–Kier alpha value is -4.04. The zero-order valence-electron chi connectivity index (χ0n) is 16.9. The Balaban J connectivity index is 1.84. The smallest absolute Gasteiger partial charge is 0.340 e. The lowest BCUT2D eigenvalue weighted by molar-refractivity contribution is 0.0527. The fourth-order valence-corrected chi connectivity index (χ4v) is 2.86. The van der Waals surface area contributed by atoms with Gasteiger partial charge in [0.05, 0.1) is 23.4 Å². The van der Waals surface area contributed by atoms with Gasteiger partial charge >= 0.3 is 5.97 Å². The highest BCUT2D eigenvalue weighted by Crippen LogP contribution is 2.21. The average molecular weight is 398 g/mol. The molecule has 0 atom stereocenters. The molecular formula is C25H22N2O3. The molecule has 0 aliphatic carbocycles. The van der Waals surface area contributed by atoms with Gasteiger partial charge in [0.1, 0.15) is 0 Å². The monoisotopic (exact) mass is 398 g/mol. The summed E-state index contributed by atoms with van der Waals surface area (Å²) in [4.78, 5) is 25.0. The van der Waals surface area contributed by atoms with Gasteiger partial charge in [0.25, 0.3) is 5.91 Å². The lowest BCUT2D eigenvalue weighted by Crippen LogP contribution is -2.17. The number of anilines is 2. The van der Waals surface area contributed by atoms with Gasteiger partial charge in [-0.3, -0.25) is 4.79 Å². The molecule has 3 aromatic rings. The molecule has 2 N–H and O–H groups in total. The molecule has 0 unspecified atom stereocenters. The predicted molar refractivity (Wildman–Crippen MR) is 119 cm³/mol. The zero-order chi connectivity index (χ0) is 21.3. The molecule has 0 spiro atoms. The molecule has 3 rings (SSSR count). The molecule has 5 heteroatoms. The highest BCUT2D eigenvalue weighted by molar-refractivity contribution is 6.10. The Morgan fingerprint density at radius 1 is 0.833 bits per heavy atom. The summed E-state index contributed by atoms with van der Waals surface area (Å²) in [5.74, 6) is 5.40. The van der Waals surface area contributed by atoms with Gasteiger partial charge in [0.2, 0.25) is 0 Å². The van der Waals surface area contributed by atoms with Crippen LogP contribution < -0.4 is 10.6 Å². The molecule has 5 nitrogen and oxygen atoms in total. The Labute approximate surface area is 176 Å². The van der Waals surface area contributed by atoms with Crippen LogP contribution in [-0.2, 0) is 4.74 Å². The number of rotatable bonds is 5. The molecule has 0 saturated heterocycles. The van der Waals surface area contributed by atoms with Crippen molar-refractivity contribution in [3.8, 4) is 11.8 Å². The van der Waals surface area contributed by atoms with Crippen LogP contribution in [0.4, 0.5) is 11.4 Å². The third-order valence-corrected chi connectivity index (χ3v) is 4.33. The van der Waals surface area contributed by atoms with E-state index in [1.807, 2.05) is 36.4 Å². The van der Waals surface area contributed by atoms with Crippen LogP contribution in [0.15, 0.2) is 72.8 Å². The first-order chi connectivity index (χ1) is 14.6. The van der Waals surface area contributed by atoms with E-state index in [1.54, 1.807) is 50.4 Å². The van der Waals surface area contributed by atoms with E-state index in [2.05, 4.69) is 22.5 Å². The zero-order valence-corrected chi connectivity index (χ0v) is 16.9. The van der Waals surface area contributed by atoms with Crippen molar-refractivity contribution in [2.75, 3.05) is 24.3 Å². The topological polar surface area (TPSA) is 67.4 Å². The van der Waals surface area contributed by atoms with E-state index in [4.69, 9.17) is 4.74 Å². The molecular weight excluding hydrogens is 376 g/mol. The van der Waals surface area contributed by atoms with Crippen LogP contribution in [0.1, 0.15) is 38.8 Å². The largest absolute Gasteiger partial charge is 0.462 e. The van der Waals surface area contributed by atoms with Crippen molar-refractivity contribution in [1.29, 1.82) is 0 Å². The molecule has 0 heterocycles. The SMILES string of the molecule is CCOC(=O)c1ccccc1NC(=O)c1ccc(C#Cc2ccccc2)cc1NC. The van der Waals surface area contributed by atoms with E-state index in [9.17, 15) is 9.59 Å². The van der Waals surface area contributed by atoms with Crippen molar-refractivity contribution in [2.24, 2.45) is 0 Å². The molecule has 150 valence electrons. The van der Waals surface area contributed by atoms with E-state index in [-0.39, 0.29) is 12.5 Å². The highest BCUT2D eigenvalue weighted by atomic mass is 16.5. The minimum absolute atomic E-state index is 0.260. The first-order valence-electron chi connectivity index (χ1n) is 9.58. The van der Waals surface area contributed by atoms with Crippen LogP contribution in [0.25, 0.3) is 0 Å². The van der Waals surface area contributed by atoms with Gasteiger partial charge in [-0.05, 0) is 49.4 Å². The maximum Gasteiger partial charge on any atom is 0.340 e. The van der Waals surface area contributed by atoms with Gasteiger partial charge in [-0.25, -0.2) is 4.79 Å². The summed E-state index contributed by atoms with van der Waals surface area (Å²) in [6, 6.07) is 21.8. The first kappa shape index (κ1) is 20.7. The number of nitrogens with one attached hydrogen (secondary N) is 2. The number of hydrogen-bond acceptors (Lipinski definition) is 4. The van der Waals surface area contributed by atoms with Gasteiger partial charge in [-0.15, -0.1) is 0 Å². The van der Waals surface area contributed by atoms with E-state index in [0.717, 1.165) is 11.1 Å². The molecule has 0 aliphatic rings. The van der Waals surface area contributed by atoms with Gasteiger partial charge in [0.15, 0.2) is 0 Å². The number of carbonyl (C=O) groups is 2. The summed E-state index contributed by atoms with van der Waals surface area (Å²) < 4.78 is 5.06. The number of ether oxygens (including phenoxy) is 1. The van der Waals surface area contributed by atoms with Crippen LogP contribution in [-0.4, -0.2) is 25.5 Å². The third kappa shape index (κ3) is 5.06. The predicted octanol–water partition coefficient (Wildman–Crippen LogP) is 4.56. The normalized spacial score (nSPS) is 9.80. The molecule has 30 heavy (non-hydrogen) atoms. The number of hydrogen-bond donors (Lipinski definition) is 2. The van der Waals surface area contributed by atoms with Gasteiger partial charge in [0, 0.05) is 23.9 Å². The van der Waals surface area contributed by atoms with Gasteiger partial charge in [-0.2, -0.15) is 0 Å². The van der Waals surface area contributed by atoms with E-state index in [0.29, 0.717) is 22.5 Å². The Morgan fingerprint density at radius 2 is 1.53 bits per heavy atom. The summed E-state index contributed by atoms with van der Waals surface area (Å²) in [5.41, 5.74) is 3.50. The number of para-hydroxylation sites is 1. The second-order valence-corrected chi connectivity index (χ2v) is 6.35. The number of esters is 1. The molecule has 3 aromatic carbocycles. The van der Waals surface area contributed by atoms with Crippen molar-refractivity contribution < 1.29 is 14.3 Å². The molecule has 0 radical (unpaired) electrons. The first-order valence-corrected chi connectivity index (χ1v) is 9.58. The molecule has 0 aliphatic heterocycles. The average Bonchev–Trinajstić information content (AvgIpc) is 2.78. The fourth-order valence-electron chi connectivity index (χ4n) is 2.86. The molecule has 0 aromatic heterocycles. The lowest BCUT2D eigenvalue weighted by Gasteiger charge is -2.13. The minimum Gasteiger partial charge on any atom is -0.462 e. The Kier molecular flexibility index (Phi) is 6.86. The summed E-state index contributed by atoms with van der Waals surface area (Å²) in [5, 5.41) is 5.84. The minimum atomic E-state index is -0.478. The van der Waals surface area contributed by atoms with E-state index >= 15 is 0 Å².